The van der Waals surface area contributed by atoms with Crippen molar-refractivity contribution in [3.8, 4) is 23.6 Å². The quantitative estimate of drug-likeness (QED) is 0.374. The Labute approximate surface area is 238 Å². The van der Waals surface area contributed by atoms with E-state index in [1.54, 1.807) is 18.2 Å². The van der Waals surface area contributed by atoms with Crippen molar-refractivity contribution in [2.75, 3.05) is 47.1 Å². The largest absolute Gasteiger partial charge is 0.481 e. The van der Waals surface area contributed by atoms with Crippen molar-refractivity contribution in [1.82, 2.24) is 15.4 Å². The molecule has 4 aliphatic rings. The van der Waals surface area contributed by atoms with Crippen molar-refractivity contribution in [2.45, 2.75) is 23.2 Å². The molecule has 4 heterocycles. The van der Waals surface area contributed by atoms with E-state index in [2.05, 4.69) is 21.4 Å². The van der Waals surface area contributed by atoms with Crippen molar-refractivity contribution < 1.29 is 29.3 Å². The lowest BCUT2D eigenvalue weighted by atomic mass is 9.70. The molecule has 5 atom stereocenters. The first-order valence-corrected chi connectivity index (χ1v) is 13.7. The number of pyridine rings is 1. The van der Waals surface area contributed by atoms with Crippen LogP contribution in [0.1, 0.15) is 28.2 Å². The summed E-state index contributed by atoms with van der Waals surface area (Å²) in [6.45, 7) is 3.91. The van der Waals surface area contributed by atoms with Crippen molar-refractivity contribution in [2.24, 2.45) is 11.3 Å². The van der Waals surface area contributed by atoms with Crippen LogP contribution in [0, 0.1) is 22.7 Å². The van der Waals surface area contributed by atoms with Gasteiger partial charge >= 0.3 is 0 Å². The van der Waals surface area contributed by atoms with Crippen molar-refractivity contribution in [3.05, 3.63) is 82.9 Å². The van der Waals surface area contributed by atoms with E-state index >= 15 is 0 Å². The van der Waals surface area contributed by atoms with Gasteiger partial charge in [-0.1, -0.05) is 42.5 Å². The van der Waals surface area contributed by atoms with Gasteiger partial charge in [0.25, 0.3) is 0 Å². The van der Waals surface area contributed by atoms with E-state index in [1.807, 2.05) is 42.5 Å². The smallest absolute Gasteiger partial charge is 0.226 e. The number of likely N-dealkylation sites (tertiary alicyclic amines) is 1. The fraction of sp³-hybridized carbons (Fsp3) is 0.419. The number of aromatic nitrogens is 1. The molecular weight excluding hydrogens is 524 g/mol. The Balaban J connectivity index is 1.46. The molecule has 3 aliphatic heterocycles. The molecule has 2 aromatic carbocycles. The van der Waals surface area contributed by atoms with Gasteiger partial charge in [-0.2, -0.15) is 15.7 Å². The van der Waals surface area contributed by atoms with Gasteiger partial charge in [0.2, 0.25) is 11.8 Å². The van der Waals surface area contributed by atoms with Gasteiger partial charge in [-0.15, -0.1) is 0 Å². The number of benzene rings is 2. The maximum Gasteiger partial charge on any atom is 0.226 e. The highest BCUT2D eigenvalue weighted by Crippen LogP contribution is 2.70. The zero-order valence-corrected chi connectivity index (χ0v) is 22.9. The predicted octanol–water partition coefficient (Wildman–Crippen LogP) is 2.54. The first-order valence-electron chi connectivity index (χ1n) is 13.7. The Kier molecular flexibility index (Phi) is 6.01. The van der Waals surface area contributed by atoms with Crippen molar-refractivity contribution in [1.29, 1.82) is 5.26 Å². The van der Waals surface area contributed by atoms with Crippen LogP contribution in [0.5, 0.6) is 17.5 Å². The van der Waals surface area contributed by atoms with Crippen LogP contribution in [0.3, 0.4) is 0 Å². The standard InChI is InChI=1S/C31H32N4O6/c1-38-24-12-23-26(28(33-24)39-2)30(36)27(34-37)22(14-35-15-29(16-35)17-40-18-29)25(20-6-4-3-5-7-20)31(30,41-23)21-10-8-19(13-32)9-11-21/h3-12,22,25,27,34,36-37H,14-18H2,1-2H3/t22-,25-,27-,30+,31+/m1/s1. The molecule has 1 saturated carbocycles. The lowest BCUT2D eigenvalue weighted by Gasteiger charge is -2.56. The molecule has 10 nitrogen and oxygen atoms in total. The highest BCUT2D eigenvalue weighted by molar-refractivity contribution is 5.60. The maximum atomic E-state index is 13.2. The molecule has 3 fully saturated rings. The Bertz CT molecular complexity index is 1500. The zero-order chi connectivity index (χ0) is 28.4. The van der Waals surface area contributed by atoms with Crippen LogP contribution in [0.25, 0.3) is 0 Å². The molecule has 1 aliphatic carbocycles. The highest BCUT2D eigenvalue weighted by atomic mass is 16.5. The van der Waals surface area contributed by atoms with Gasteiger partial charge in [-0.25, -0.2) is 0 Å². The molecule has 10 heteroatoms. The monoisotopic (exact) mass is 556 g/mol. The number of nitrogens with one attached hydrogen (secondary N) is 1. The summed E-state index contributed by atoms with van der Waals surface area (Å²) >= 11 is 0. The summed E-state index contributed by atoms with van der Waals surface area (Å²) in [5, 5.41) is 33.6. The van der Waals surface area contributed by atoms with Crippen molar-refractivity contribution in [3.63, 3.8) is 0 Å². The molecule has 0 bridgehead atoms. The summed E-state index contributed by atoms with van der Waals surface area (Å²) in [5.74, 6) is 0.0494. The number of rotatable bonds is 7. The topological polar surface area (TPSA) is 129 Å². The predicted molar refractivity (Wildman–Crippen MR) is 146 cm³/mol. The fourth-order valence-electron chi connectivity index (χ4n) is 7.79. The molecule has 1 spiro atoms. The molecule has 2 saturated heterocycles. The summed E-state index contributed by atoms with van der Waals surface area (Å²) in [6, 6.07) is 20.0. The lowest BCUT2D eigenvalue weighted by molar-refractivity contribution is -0.192. The molecule has 1 aromatic heterocycles. The fourth-order valence-corrected chi connectivity index (χ4v) is 7.79. The number of ether oxygens (including phenoxy) is 4. The average Bonchev–Trinajstić information content (AvgIpc) is 3.34. The third-order valence-corrected chi connectivity index (χ3v) is 9.44. The summed E-state index contributed by atoms with van der Waals surface area (Å²) in [6.07, 6.45) is 0. The van der Waals surface area contributed by atoms with Crippen LogP contribution in [-0.4, -0.2) is 73.3 Å². The number of nitrogens with zero attached hydrogens (tertiary/aromatic N) is 3. The maximum absolute atomic E-state index is 13.2. The van der Waals surface area contributed by atoms with Gasteiger partial charge in [0.05, 0.1) is 50.7 Å². The number of nitriles is 1. The van der Waals surface area contributed by atoms with Gasteiger partial charge in [0, 0.05) is 43.0 Å². The van der Waals surface area contributed by atoms with E-state index in [0.717, 1.165) is 31.9 Å². The molecular formula is C31H32N4O6. The van der Waals surface area contributed by atoms with Crippen LogP contribution in [-0.2, 0) is 15.9 Å². The molecule has 41 heavy (non-hydrogen) atoms. The van der Waals surface area contributed by atoms with Gasteiger partial charge in [0.1, 0.15) is 5.75 Å². The minimum Gasteiger partial charge on any atom is -0.481 e. The summed E-state index contributed by atoms with van der Waals surface area (Å²) in [7, 11) is 2.98. The van der Waals surface area contributed by atoms with Crippen LogP contribution < -0.4 is 19.7 Å². The molecule has 3 N–H and O–H groups in total. The average molecular weight is 557 g/mol. The molecule has 0 radical (unpaired) electrons. The van der Waals surface area contributed by atoms with E-state index in [0.29, 0.717) is 29.0 Å². The third-order valence-electron chi connectivity index (χ3n) is 9.44. The van der Waals surface area contributed by atoms with E-state index in [4.69, 9.17) is 18.9 Å². The van der Waals surface area contributed by atoms with Gasteiger partial charge in [-0.05, 0) is 23.3 Å². The Morgan fingerprint density at radius 3 is 2.41 bits per heavy atom. The molecule has 212 valence electrons. The Morgan fingerprint density at radius 2 is 1.83 bits per heavy atom. The second-order valence-corrected chi connectivity index (χ2v) is 11.7. The number of methoxy groups -OCH3 is 2. The van der Waals surface area contributed by atoms with Crippen LogP contribution in [0.15, 0.2) is 60.7 Å². The van der Waals surface area contributed by atoms with Gasteiger partial charge < -0.3 is 34.2 Å². The second kappa shape index (κ2) is 9.41. The van der Waals surface area contributed by atoms with Gasteiger partial charge in [-0.3, -0.25) is 0 Å². The molecule has 3 aromatic rings. The minimum absolute atomic E-state index is 0.152. The van der Waals surface area contributed by atoms with Crippen LogP contribution in [0.4, 0.5) is 0 Å². The van der Waals surface area contributed by atoms with E-state index in [1.165, 1.54) is 14.2 Å². The molecule has 0 amide bonds. The van der Waals surface area contributed by atoms with Crippen LogP contribution >= 0.6 is 0 Å². The first-order chi connectivity index (χ1) is 19.9. The second-order valence-electron chi connectivity index (χ2n) is 11.7. The minimum atomic E-state index is -1.83. The Morgan fingerprint density at radius 1 is 1.10 bits per heavy atom. The normalized spacial score (nSPS) is 30.9. The number of hydroxylamine groups is 1. The van der Waals surface area contributed by atoms with Crippen molar-refractivity contribution >= 4 is 0 Å². The van der Waals surface area contributed by atoms with E-state index in [-0.39, 0.29) is 23.1 Å². The highest BCUT2D eigenvalue weighted by Gasteiger charge is 2.77. The van der Waals surface area contributed by atoms with E-state index < -0.39 is 23.2 Å². The molecule has 7 rings (SSSR count). The molecule has 0 unspecified atom stereocenters. The number of aliphatic hydroxyl groups is 1. The summed E-state index contributed by atoms with van der Waals surface area (Å²) < 4.78 is 23.6. The zero-order valence-electron chi connectivity index (χ0n) is 22.9. The van der Waals surface area contributed by atoms with E-state index in [9.17, 15) is 15.6 Å². The summed E-state index contributed by atoms with van der Waals surface area (Å²) in [5.41, 5.74) is 1.92. The SMILES string of the molecule is COc1cc2c(c(OC)n1)[C@]1(O)[C@H](NO)[C@H](CN3CC4(COC4)C3)[C@@H](c3ccccc3)[C@]1(c1ccc(C#N)cc1)O2. The van der Waals surface area contributed by atoms with Crippen LogP contribution in [0.2, 0.25) is 0 Å². The number of fused-ring (bicyclic) bond motifs is 3. The Hall–Kier alpha value is -3.72. The summed E-state index contributed by atoms with van der Waals surface area (Å²) in [4.78, 5) is 6.85. The van der Waals surface area contributed by atoms with Gasteiger partial charge in [0.15, 0.2) is 11.2 Å². The number of hydrogen-bond acceptors (Lipinski definition) is 10. The lowest BCUT2D eigenvalue weighted by Crippen LogP contribution is -2.67. The first kappa shape index (κ1) is 26.2. The third kappa shape index (κ3) is 3.51. The number of hydrogen-bond donors (Lipinski definition) is 3.